The van der Waals surface area contributed by atoms with Crippen LogP contribution in [0.5, 0.6) is 0 Å². The Morgan fingerprint density at radius 3 is 2.61 bits per heavy atom. The van der Waals surface area contributed by atoms with Crippen LogP contribution in [-0.2, 0) is 0 Å². The smallest absolute Gasteiger partial charge is 0.132 e. The van der Waals surface area contributed by atoms with E-state index in [-0.39, 0.29) is 0 Å². The van der Waals surface area contributed by atoms with E-state index in [4.69, 9.17) is 5.26 Å². The van der Waals surface area contributed by atoms with Gasteiger partial charge in [-0.3, -0.25) is 0 Å². The number of aryl methyl sites for hydroxylation is 2. The highest BCUT2D eigenvalue weighted by atomic mass is 15.2. The number of rotatable bonds is 3. The quantitative estimate of drug-likeness (QED) is 0.938. The number of pyridine rings is 1. The second kappa shape index (κ2) is 6.61. The molecule has 0 amide bonds. The Morgan fingerprint density at radius 2 is 2.00 bits per heavy atom. The van der Waals surface area contributed by atoms with Crippen molar-refractivity contribution >= 4 is 11.6 Å². The summed E-state index contributed by atoms with van der Waals surface area (Å²) >= 11 is 0. The van der Waals surface area contributed by atoms with Crippen molar-refractivity contribution in [3.63, 3.8) is 0 Å². The molecule has 1 fully saturated rings. The third kappa shape index (κ3) is 3.75. The maximum Gasteiger partial charge on any atom is 0.132 e. The molecule has 6 heteroatoms. The molecule has 2 aromatic rings. The van der Waals surface area contributed by atoms with Crippen molar-refractivity contribution in [3.8, 4) is 6.07 Å². The SMILES string of the molecule is Cc1cc(N2CCC(Nc3ccc(C#N)cn3)CC2)nc(C)n1. The minimum absolute atomic E-state index is 0.399. The van der Waals surface area contributed by atoms with Gasteiger partial charge in [-0.2, -0.15) is 5.26 Å². The molecular weight excluding hydrogens is 288 g/mol. The molecule has 118 valence electrons. The minimum atomic E-state index is 0.399. The summed E-state index contributed by atoms with van der Waals surface area (Å²) in [5, 5.41) is 12.2. The van der Waals surface area contributed by atoms with Crippen LogP contribution in [0.4, 0.5) is 11.6 Å². The molecule has 0 atom stereocenters. The normalized spacial score (nSPS) is 15.3. The van der Waals surface area contributed by atoms with E-state index in [9.17, 15) is 0 Å². The van der Waals surface area contributed by atoms with E-state index in [1.165, 1.54) is 0 Å². The third-order valence-electron chi connectivity index (χ3n) is 4.02. The van der Waals surface area contributed by atoms with Crippen LogP contribution in [0.15, 0.2) is 24.4 Å². The minimum Gasteiger partial charge on any atom is -0.367 e. The highest BCUT2D eigenvalue weighted by Crippen LogP contribution is 2.20. The van der Waals surface area contributed by atoms with Crippen LogP contribution in [-0.4, -0.2) is 34.1 Å². The Kier molecular flexibility index (Phi) is 4.38. The first-order valence-electron chi connectivity index (χ1n) is 7.84. The maximum absolute atomic E-state index is 8.80. The first kappa shape index (κ1) is 15.2. The van der Waals surface area contributed by atoms with Crippen molar-refractivity contribution in [2.24, 2.45) is 0 Å². The van der Waals surface area contributed by atoms with E-state index in [1.54, 1.807) is 12.3 Å². The van der Waals surface area contributed by atoms with Gasteiger partial charge in [0.05, 0.1) is 5.56 Å². The van der Waals surface area contributed by atoms with Crippen LogP contribution < -0.4 is 10.2 Å². The van der Waals surface area contributed by atoms with Gasteiger partial charge in [-0.1, -0.05) is 0 Å². The molecular formula is C17H20N6. The number of anilines is 2. The number of hydrogen-bond acceptors (Lipinski definition) is 6. The molecule has 0 unspecified atom stereocenters. The molecule has 3 rings (SSSR count). The molecule has 1 N–H and O–H groups in total. The fraction of sp³-hybridized carbons (Fsp3) is 0.412. The third-order valence-corrected chi connectivity index (χ3v) is 4.02. The van der Waals surface area contributed by atoms with E-state index in [0.717, 1.165) is 49.1 Å². The first-order chi connectivity index (χ1) is 11.1. The molecule has 23 heavy (non-hydrogen) atoms. The lowest BCUT2D eigenvalue weighted by Gasteiger charge is -2.33. The monoisotopic (exact) mass is 308 g/mol. The average Bonchev–Trinajstić information content (AvgIpc) is 2.55. The fourth-order valence-electron chi connectivity index (χ4n) is 2.87. The Morgan fingerprint density at radius 1 is 1.22 bits per heavy atom. The fourth-order valence-corrected chi connectivity index (χ4v) is 2.87. The summed E-state index contributed by atoms with van der Waals surface area (Å²) in [5.74, 6) is 2.67. The van der Waals surface area contributed by atoms with E-state index < -0.39 is 0 Å². The summed E-state index contributed by atoms with van der Waals surface area (Å²) in [6.07, 6.45) is 3.66. The van der Waals surface area contributed by atoms with Crippen molar-refractivity contribution in [1.29, 1.82) is 5.26 Å². The summed E-state index contributed by atoms with van der Waals surface area (Å²) in [7, 11) is 0. The standard InChI is InChI=1S/C17H20N6/c1-12-9-17(21-13(2)20-12)23-7-5-15(6-8-23)22-16-4-3-14(10-18)11-19-16/h3-4,9,11,15H,5-8H2,1-2H3,(H,19,22). The summed E-state index contributed by atoms with van der Waals surface area (Å²) in [4.78, 5) is 15.5. The molecule has 0 radical (unpaired) electrons. The van der Waals surface area contributed by atoms with Crippen LogP contribution >= 0.6 is 0 Å². The Labute approximate surface area is 136 Å². The van der Waals surface area contributed by atoms with Gasteiger partial charge >= 0.3 is 0 Å². The zero-order chi connectivity index (χ0) is 16.2. The number of aromatic nitrogens is 3. The number of piperidine rings is 1. The van der Waals surface area contributed by atoms with Crippen molar-refractivity contribution in [3.05, 3.63) is 41.5 Å². The number of nitrogens with zero attached hydrogens (tertiary/aromatic N) is 5. The molecule has 0 saturated carbocycles. The van der Waals surface area contributed by atoms with Gasteiger partial charge in [-0.15, -0.1) is 0 Å². The van der Waals surface area contributed by atoms with Gasteiger partial charge in [-0.25, -0.2) is 15.0 Å². The Hall–Kier alpha value is -2.68. The largest absolute Gasteiger partial charge is 0.367 e. The zero-order valence-corrected chi connectivity index (χ0v) is 13.5. The van der Waals surface area contributed by atoms with Crippen molar-refractivity contribution in [2.75, 3.05) is 23.3 Å². The lowest BCUT2D eigenvalue weighted by Crippen LogP contribution is -2.39. The molecule has 0 aromatic carbocycles. The summed E-state index contributed by atoms with van der Waals surface area (Å²) in [6.45, 7) is 5.86. The van der Waals surface area contributed by atoms with Gasteiger partial charge in [-0.05, 0) is 38.8 Å². The number of nitrogens with one attached hydrogen (secondary N) is 1. The predicted molar refractivity (Wildman–Crippen MR) is 89.3 cm³/mol. The molecule has 0 aliphatic carbocycles. The maximum atomic E-state index is 8.80. The number of hydrogen-bond donors (Lipinski definition) is 1. The highest BCUT2D eigenvalue weighted by Gasteiger charge is 2.20. The lowest BCUT2D eigenvalue weighted by molar-refractivity contribution is 0.521. The van der Waals surface area contributed by atoms with E-state index in [2.05, 4.69) is 31.2 Å². The zero-order valence-electron chi connectivity index (χ0n) is 13.5. The van der Waals surface area contributed by atoms with Crippen LogP contribution in [0.2, 0.25) is 0 Å². The topological polar surface area (TPSA) is 77.7 Å². The first-order valence-corrected chi connectivity index (χ1v) is 7.84. The van der Waals surface area contributed by atoms with Crippen molar-refractivity contribution in [2.45, 2.75) is 32.7 Å². The molecule has 1 aliphatic rings. The second-order valence-electron chi connectivity index (χ2n) is 5.86. The average molecular weight is 308 g/mol. The Balaban J connectivity index is 1.58. The van der Waals surface area contributed by atoms with E-state index in [0.29, 0.717) is 11.6 Å². The van der Waals surface area contributed by atoms with Gasteiger partial charge in [0.1, 0.15) is 23.5 Å². The summed E-state index contributed by atoms with van der Waals surface area (Å²) in [5.41, 5.74) is 1.59. The lowest BCUT2D eigenvalue weighted by atomic mass is 10.0. The highest BCUT2D eigenvalue weighted by molar-refractivity contribution is 5.42. The van der Waals surface area contributed by atoms with E-state index >= 15 is 0 Å². The van der Waals surface area contributed by atoms with Crippen molar-refractivity contribution < 1.29 is 0 Å². The molecule has 0 bridgehead atoms. The number of nitriles is 1. The molecule has 2 aromatic heterocycles. The van der Waals surface area contributed by atoms with Crippen LogP contribution in [0.3, 0.4) is 0 Å². The van der Waals surface area contributed by atoms with Gasteiger partial charge in [0, 0.05) is 37.1 Å². The van der Waals surface area contributed by atoms with Crippen LogP contribution in [0.25, 0.3) is 0 Å². The van der Waals surface area contributed by atoms with Crippen LogP contribution in [0, 0.1) is 25.2 Å². The second-order valence-corrected chi connectivity index (χ2v) is 5.86. The van der Waals surface area contributed by atoms with Gasteiger partial charge < -0.3 is 10.2 Å². The predicted octanol–water partition coefficient (Wildman–Crippen LogP) is 2.44. The summed E-state index contributed by atoms with van der Waals surface area (Å²) in [6, 6.07) is 8.18. The Bertz CT molecular complexity index is 691. The van der Waals surface area contributed by atoms with Crippen LogP contribution in [0.1, 0.15) is 29.9 Å². The molecule has 1 aliphatic heterocycles. The molecule has 3 heterocycles. The van der Waals surface area contributed by atoms with Crippen molar-refractivity contribution in [1.82, 2.24) is 15.0 Å². The van der Waals surface area contributed by atoms with E-state index in [1.807, 2.05) is 26.0 Å². The van der Waals surface area contributed by atoms with Gasteiger partial charge in [0.15, 0.2) is 0 Å². The van der Waals surface area contributed by atoms with Gasteiger partial charge in [0.2, 0.25) is 0 Å². The molecule has 1 saturated heterocycles. The van der Waals surface area contributed by atoms with Gasteiger partial charge in [0.25, 0.3) is 0 Å². The summed E-state index contributed by atoms with van der Waals surface area (Å²) < 4.78 is 0. The molecule has 0 spiro atoms. The molecule has 6 nitrogen and oxygen atoms in total.